The van der Waals surface area contributed by atoms with E-state index < -0.39 is 6.04 Å². The Bertz CT molecular complexity index is 665. The third-order valence-corrected chi connectivity index (χ3v) is 5.12. The average Bonchev–Trinajstić information content (AvgIpc) is 2.90. The van der Waals surface area contributed by atoms with E-state index in [0.29, 0.717) is 11.4 Å². The fourth-order valence-corrected chi connectivity index (χ4v) is 3.93. The van der Waals surface area contributed by atoms with Crippen molar-refractivity contribution < 1.29 is 19.1 Å². The molecule has 1 aromatic rings. The first-order chi connectivity index (χ1) is 12.0. The summed E-state index contributed by atoms with van der Waals surface area (Å²) >= 11 is 0. The minimum Gasteiger partial charge on any atom is -0.497 e. The van der Waals surface area contributed by atoms with Crippen LogP contribution in [0.1, 0.15) is 45.4 Å². The summed E-state index contributed by atoms with van der Waals surface area (Å²) < 4.78 is 5.11. The van der Waals surface area contributed by atoms with Crippen LogP contribution in [0, 0.1) is 0 Å². The van der Waals surface area contributed by atoms with Gasteiger partial charge in [0.1, 0.15) is 11.8 Å². The zero-order chi connectivity index (χ0) is 18.0. The molecular weight excluding hydrogens is 320 g/mol. The van der Waals surface area contributed by atoms with Crippen LogP contribution in [0.5, 0.6) is 5.75 Å². The Morgan fingerprint density at radius 3 is 2.32 bits per heavy atom. The lowest BCUT2D eigenvalue weighted by molar-refractivity contribution is -0.140. The number of rotatable bonds is 4. The quantitative estimate of drug-likeness (QED) is 0.787. The highest BCUT2D eigenvalue weighted by molar-refractivity contribution is 6.23. The van der Waals surface area contributed by atoms with E-state index in [1.54, 1.807) is 36.3 Å². The van der Waals surface area contributed by atoms with Gasteiger partial charge >= 0.3 is 0 Å². The van der Waals surface area contributed by atoms with Crippen LogP contribution in [-0.2, 0) is 14.4 Å². The number of anilines is 1. The summed E-state index contributed by atoms with van der Waals surface area (Å²) in [6, 6.07) is 6.19. The number of carbonyl (C=O) groups is 3. The Kier molecular flexibility index (Phi) is 5.06. The van der Waals surface area contributed by atoms with Gasteiger partial charge in [-0.15, -0.1) is 0 Å². The average molecular weight is 344 g/mol. The van der Waals surface area contributed by atoms with Gasteiger partial charge < -0.3 is 9.64 Å². The van der Waals surface area contributed by atoms with Crippen molar-refractivity contribution in [3.63, 3.8) is 0 Å². The summed E-state index contributed by atoms with van der Waals surface area (Å²) in [5.41, 5.74) is 0.519. The summed E-state index contributed by atoms with van der Waals surface area (Å²) in [6.07, 6.45) is 5.15. The van der Waals surface area contributed by atoms with Gasteiger partial charge in [-0.25, -0.2) is 4.90 Å². The van der Waals surface area contributed by atoms with Crippen LogP contribution in [-0.4, -0.2) is 41.8 Å². The highest BCUT2D eigenvalue weighted by Gasteiger charge is 2.45. The molecule has 6 nitrogen and oxygen atoms in total. The van der Waals surface area contributed by atoms with Gasteiger partial charge in [0, 0.05) is 13.0 Å². The number of methoxy groups -OCH3 is 1. The van der Waals surface area contributed by atoms with Gasteiger partial charge in [-0.1, -0.05) is 19.3 Å². The predicted molar refractivity (Wildman–Crippen MR) is 93.3 cm³/mol. The van der Waals surface area contributed by atoms with Crippen molar-refractivity contribution in [1.82, 2.24) is 4.90 Å². The first kappa shape index (κ1) is 17.5. The van der Waals surface area contributed by atoms with Crippen molar-refractivity contribution in [2.75, 3.05) is 12.0 Å². The zero-order valence-corrected chi connectivity index (χ0v) is 14.7. The molecule has 1 aliphatic carbocycles. The molecule has 1 heterocycles. The lowest BCUT2D eigenvalue weighted by Crippen LogP contribution is -2.50. The summed E-state index contributed by atoms with van der Waals surface area (Å²) in [5.74, 6) is -0.0419. The maximum Gasteiger partial charge on any atom is 0.257 e. The van der Waals surface area contributed by atoms with Crippen LogP contribution in [0.4, 0.5) is 5.69 Å². The maximum atomic E-state index is 12.9. The number of amides is 3. The number of hydrogen-bond donors (Lipinski definition) is 0. The van der Waals surface area contributed by atoms with Crippen LogP contribution in [0.15, 0.2) is 24.3 Å². The monoisotopic (exact) mass is 344 g/mol. The molecule has 1 aromatic carbocycles. The Labute approximate surface area is 147 Å². The fraction of sp³-hybridized carbons (Fsp3) is 0.526. The van der Waals surface area contributed by atoms with E-state index in [4.69, 9.17) is 4.74 Å². The second-order valence-electron chi connectivity index (χ2n) is 6.70. The van der Waals surface area contributed by atoms with Crippen molar-refractivity contribution in [1.29, 1.82) is 0 Å². The molecule has 0 N–H and O–H groups in total. The normalized spacial score (nSPS) is 21.5. The minimum atomic E-state index is -0.685. The standard InChI is InChI=1S/C19H24N2O4/c1-13(22)20(14-6-4-3-5-7-14)17-12-18(23)21(19(17)24)15-8-10-16(25-2)11-9-15/h8-11,14,17H,3-7,12H2,1-2H3. The van der Waals surface area contributed by atoms with Crippen molar-refractivity contribution >= 4 is 23.4 Å². The van der Waals surface area contributed by atoms with Gasteiger partial charge in [0.25, 0.3) is 5.91 Å². The van der Waals surface area contributed by atoms with Crippen LogP contribution >= 0.6 is 0 Å². The van der Waals surface area contributed by atoms with Crippen molar-refractivity contribution in [2.45, 2.75) is 57.5 Å². The van der Waals surface area contributed by atoms with E-state index in [9.17, 15) is 14.4 Å². The predicted octanol–water partition coefficient (Wildman–Crippen LogP) is 2.51. The molecule has 0 spiro atoms. The molecular formula is C19H24N2O4. The van der Waals surface area contributed by atoms with Crippen molar-refractivity contribution in [3.8, 4) is 5.75 Å². The van der Waals surface area contributed by atoms with Crippen molar-refractivity contribution in [2.24, 2.45) is 0 Å². The topological polar surface area (TPSA) is 66.9 Å². The highest BCUT2D eigenvalue weighted by atomic mass is 16.5. The van der Waals surface area contributed by atoms with E-state index in [0.717, 1.165) is 32.1 Å². The van der Waals surface area contributed by atoms with E-state index in [1.165, 1.54) is 11.8 Å². The van der Waals surface area contributed by atoms with Gasteiger partial charge in [-0.05, 0) is 37.1 Å². The molecule has 1 saturated heterocycles. The summed E-state index contributed by atoms with van der Waals surface area (Å²) in [5, 5.41) is 0. The first-order valence-electron chi connectivity index (χ1n) is 8.82. The highest BCUT2D eigenvalue weighted by Crippen LogP contribution is 2.31. The minimum absolute atomic E-state index is 0.0565. The number of ether oxygens (including phenoxy) is 1. The molecule has 1 unspecified atom stereocenters. The lowest BCUT2D eigenvalue weighted by Gasteiger charge is -2.36. The first-order valence-corrected chi connectivity index (χ1v) is 8.82. The zero-order valence-electron chi connectivity index (χ0n) is 14.7. The van der Waals surface area contributed by atoms with Gasteiger partial charge in [0.2, 0.25) is 11.8 Å². The van der Waals surface area contributed by atoms with E-state index in [1.807, 2.05) is 0 Å². The summed E-state index contributed by atoms with van der Waals surface area (Å²) in [7, 11) is 1.56. The lowest BCUT2D eigenvalue weighted by atomic mass is 9.92. The SMILES string of the molecule is COc1ccc(N2C(=O)CC(N(C(C)=O)C3CCCCC3)C2=O)cc1. The van der Waals surface area contributed by atoms with Gasteiger partial charge in [0.05, 0.1) is 19.2 Å². The second kappa shape index (κ2) is 7.25. The summed E-state index contributed by atoms with van der Waals surface area (Å²) in [6.45, 7) is 1.49. The fourth-order valence-electron chi connectivity index (χ4n) is 3.93. The molecule has 0 radical (unpaired) electrons. The number of imide groups is 1. The molecule has 25 heavy (non-hydrogen) atoms. The Hall–Kier alpha value is -2.37. The Balaban J connectivity index is 1.84. The van der Waals surface area contributed by atoms with Crippen LogP contribution in [0.3, 0.4) is 0 Å². The van der Waals surface area contributed by atoms with Crippen molar-refractivity contribution in [3.05, 3.63) is 24.3 Å². The second-order valence-corrected chi connectivity index (χ2v) is 6.70. The third kappa shape index (κ3) is 3.38. The van der Waals surface area contributed by atoms with E-state index in [-0.39, 0.29) is 30.2 Å². The van der Waals surface area contributed by atoms with E-state index >= 15 is 0 Å². The molecule has 1 atom stereocenters. The van der Waals surface area contributed by atoms with Gasteiger partial charge in [0.15, 0.2) is 0 Å². The largest absolute Gasteiger partial charge is 0.497 e. The smallest absolute Gasteiger partial charge is 0.257 e. The number of nitrogens with zero attached hydrogens (tertiary/aromatic N) is 2. The molecule has 2 aliphatic rings. The molecule has 3 amide bonds. The number of hydrogen-bond acceptors (Lipinski definition) is 4. The molecule has 6 heteroatoms. The Morgan fingerprint density at radius 2 is 1.76 bits per heavy atom. The Morgan fingerprint density at radius 1 is 1.12 bits per heavy atom. The molecule has 2 fully saturated rings. The van der Waals surface area contributed by atoms with Crippen LogP contribution in [0.2, 0.25) is 0 Å². The molecule has 0 bridgehead atoms. The number of benzene rings is 1. The molecule has 134 valence electrons. The molecule has 1 aliphatic heterocycles. The third-order valence-electron chi connectivity index (χ3n) is 5.12. The van der Waals surface area contributed by atoms with Crippen LogP contribution < -0.4 is 9.64 Å². The number of carbonyl (C=O) groups excluding carboxylic acids is 3. The maximum absolute atomic E-state index is 12.9. The van der Waals surface area contributed by atoms with Crippen LogP contribution in [0.25, 0.3) is 0 Å². The van der Waals surface area contributed by atoms with Gasteiger partial charge in [-0.3, -0.25) is 14.4 Å². The van der Waals surface area contributed by atoms with E-state index in [2.05, 4.69) is 0 Å². The molecule has 1 saturated carbocycles. The molecule has 0 aromatic heterocycles. The summed E-state index contributed by atoms with van der Waals surface area (Å²) in [4.78, 5) is 40.5. The molecule has 3 rings (SSSR count). The van der Waals surface area contributed by atoms with Gasteiger partial charge in [-0.2, -0.15) is 0 Å².